The number of hydrogen-bond acceptors (Lipinski definition) is 1. The fourth-order valence-corrected chi connectivity index (χ4v) is 2.68. The standard InChI is InChI=1S/C11H12FN/c12-13-7-11(8-13)5-9-3-1-2-4-10(9)6-11/h1-4H,5-8H2. The Morgan fingerprint density at radius 1 is 1.08 bits per heavy atom. The van der Waals surface area contributed by atoms with E-state index in [1.54, 1.807) is 0 Å². The van der Waals surface area contributed by atoms with Gasteiger partial charge in [0.25, 0.3) is 0 Å². The molecule has 0 unspecified atom stereocenters. The molecule has 13 heavy (non-hydrogen) atoms. The van der Waals surface area contributed by atoms with Crippen LogP contribution in [-0.4, -0.2) is 18.2 Å². The van der Waals surface area contributed by atoms with E-state index in [1.807, 2.05) is 0 Å². The van der Waals surface area contributed by atoms with Gasteiger partial charge < -0.3 is 0 Å². The second-order valence-electron chi connectivity index (χ2n) is 4.40. The first-order chi connectivity index (χ1) is 6.27. The van der Waals surface area contributed by atoms with E-state index in [4.69, 9.17) is 0 Å². The van der Waals surface area contributed by atoms with Gasteiger partial charge in [0.1, 0.15) is 0 Å². The molecule has 1 aliphatic carbocycles. The molecule has 0 radical (unpaired) electrons. The van der Waals surface area contributed by atoms with E-state index < -0.39 is 0 Å². The van der Waals surface area contributed by atoms with Gasteiger partial charge in [-0.05, 0) is 24.0 Å². The van der Waals surface area contributed by atoms with Crippen molar-refractivity contribution >= 4 is 0 Å². The summed E-state index contributed by atoms with van der Waals surface area (Å²) in [5.41, 5.74) is 3.10. The molecule has 1 aromatic rings. The van der Waals surface area contributed by atoms with Gasteiger partial charge in [-0.15, -0.1) is 9.60 Å². The maximum absolute atomic E-state index is 12.7. The molecule has 2 heteroatoms. The zero-order chi connectivity index (χ0) is 8.89. The monoisotopic (exact) mass is 177 g/mol. The molecule has 68 valence electrons. The van der Waals surface area contributed by atoms with Gasteiger partial charge in [0, 0.05) is 18.5 Å². The van der Waals surface area contributed by atoms with Crippen molar-refractivity contribution in [2.45, 2.75) is 12.8 Å². The predicted molar refractivity (Wildman–Crippen MR) is 49.0 cm³/mol. The van der Waals surface area contributed by atoms with Gasteiger partial charge in [-0.1, -0.05) is 24.3 Å². The first-order valence-electron chi connectivity index (χ1n) is 4.75. The molecule has 1 spiro atoms. The van der Waals surface area contributed by atoms with Crippen LogP contribution in [0.3, 0.4) is 0 Å². The molecule has 1 saturated heterocycles. The summed E-state index contributed by atoms with van der Waals surface area (Å²) in [6, 6.07) is 8.49. The Hall–Kier alpha value is -0.890. The lowest BCUT2D eigenvalue weighted by molar-refractivity contribution is -0.129. The minimum absolute atomic E-state index is 0.248. The van der Waals surface area contributed by atoms with E-state index in [9.17, 15) is 4.48 Å². The number of nitrogens with zero attached hydrogens (tertiary/aromatic N) is 1. The highest BCUT2D eigenvalue weighted by Crippen LogP contribution is 2.43. The van der Waals surface area contributed by atoms with Crippen LogP contribution in [0.1, 0.15) is 11.1 Å². The van der Waals surface area contributed by atoms with Crippen LogP contribution in [0.15, 0.2) is 24.3 Å². The molecular formula is C11H12FN. The van der Waals surface area contributed by atoms with Crippen LogP contribution in [0.4, 0.5) is 4.48 Å². The summed E-state index contributed by atoms with van der Waals surface area (Å²) in [4.78, 5) is 0. The van der Waals surface area contributed by atoms with Crippen molar-refractivity contribution < 1.29 is 4.48 Å². The minimum Gasteiger partial charge on any atom is -0.145 e. The highest BCUT2D eigenvalue weighted by Gasteiger charge is 2.47. The van der Waals surface area contributed by atoms with Crippen LogP contribution in [0.5, 0.6) is 0 Å². The van der Waals surface area contributed by atoms with E-state index in [0.29, 0.717) is 13.1 Å². The number of hydrogen-bond donors (Lipinski definition) is 0. The minimum atomic E-state index is 0.248. The van der Waals surface area contributed by atoms with Crippen LogP contribution in [0.25, 0.3) is 0 Å². The van der Waals surface area contributed by atoms with Crippen LogP contribution in [-0.2, 0) is 12.8 Å². The Morgan fingerprint density at radius 3 is 2.08 bits per heavy atom. The molecule has 1 heterocycles. The fraction of sp³-hybridized carbons (Fsp3) is 0.455. The second kappa shape index (κ2) is 2.32. The summed E-state index contributed by atoms with van der Waals surface area (Å²) in [5, 5.41) is 0.923. The average Bonchev–Trinajstić information content (AvgIpc) is 2.41. The van der Waals surface area contributed by atoms with E-state index in [0.717, 1.165) is 18.0 Å². The van der Waals surface area contributed by atoms with Crippen molar-refractivity contribution in [3.63, 3.8) is 0 Å². The Labute approximate surface area is 77.1 Å². The lowest BCUT2D eigenvalue weighted by atomic mass is 9.79. The molecular weight excluding hydrogens is 165 g/mol. The van der Waals surface area contributed by atoms with E-state index in [2.05, 4.69) is 24.3 Å². The van der Waals surface area contributed by atoms with E-state index >= 15 is 0 Å². The normalized spacial score (nSPS) is 24.4. The SMILES string of the molecule is FN1CC2(Cc3ccccc3C2)C1. The van der Waals surface area contributed by atoms with Crippen LogP contribution >= 0.6 is 0 Å². The quantitative estimate of drug-likeness (QED) is 0.548. The smallest absolute Gasteiger partial charge is 0.0366 e. The van der Waals surface area contributed by atoms with E-state index in [-0.39, 0.29) is 5.41 Å². The number of rotatable bonds is 0. The highest BCUT2D eigenvalue weighted by molar-refractivity contribution is 5.35. The molecule has 0 bridgehead atoms. The van der Waals surface area contributed by atoms with E-state index in [1.165, 1.54) is 11.1 Å². The second-order valence-corrected chi connectivity index (χ2v) is 4.40. The van der Waals surface area contributed by atoms with Gasteiger partial charge in [-0.3, -0.25) is 0 Å². The molecule has 0 saturated carbocycles. The lowest BCUT2D eigenvalue weighted by Crippen LogP contribution is -2.52. The summed E-state index contributed by atoms with van der Waals surface area (Å²) in [6.07, 6.45) is 2.15. The van der Waals surface area contributed by atoms with Crippen molar-refractivity contribution in [1.82, 2.24) is 5.12 Å². The molecule has 2 aliphatic rings. The Kier molecular flexibility index (Phi) is 1.34. The summed E-state index contributed by atoms with van der Waals surface area (Å²) < 4.78 is 12.7. The van der Waals surface area contributed by atoms with Crippen LogP contribution < -0.4 is 0 Å². The first-order valence-corrected chi connectivity index (χ1v) is 4.75. The topological polar surface area (TPSA) is 3.24 Å². The molecule has 1 aromatic carbocycles. The molecule has 0 atom stereocenters. The number of halogens is 1. The third kappa shape index (κ3) is 1.02. The van der Waals surface area contributed by atoms with Crippen molar-refractivity contribution in [2.75, 3.05) is 13.1 Å². The van der Waals surface area contributed by atoms with Gasteiger partial charge in [0.15, 0.2) is 0 Å². The zero-order valence-corrected chi connectivity index (χ0v) is 7.46. The predicted octanol–water partition coefficient (Wildman–Crippen LogP) is 1.97. The number of benzene rings is 1. The average molecular weight is 177 g/mol. The third-order valence-electron chi connectivity index (χ3n) is 3.26. The van der Waals surface area contributed by atoms with Gasteiger partial charge >= 0.3 is 0 Å². The Morgan fingerprint density at radius 2 is 1.62 bits per heavy atom. The molecule has 1 aliphatic heterocycles. The highest BCUT2D eigenvalue weighted by atomic mass is 19.2. The van der Waals surface area contributed by atoms with Gasteiger partial charge in [-0.2, -0.15) is 0 Å². The molecule has 0 amide bonds. The third-order valence-corrected chi connectivity index (χ3v) is 3.26. The van der Waals surface area contributed by atoms with Gasteiger partial charge in [0.05, 0.1) is 0 Å². The van der Waals surface area contributed by atoms with Gasteiger partial charge in [0.2, 0.25) is 0 Å². The number of fused-ring (bicyclic) bond motifs is 1. The summed E-state index contributed by atoms with van der Waals surface area (Å²) in [6.45, 7) is 1.25. The van der Waals surface area contributed by atoms with Crippen molar-refractivity contribution in [3.05, 3.63) is 35.4 Å². The zero-order valence-electron chi connectivity index (χ0n) is 7.46. The van der Waals surface area contributed by atoms with Crippen molar-refractivity contribution in [3.8, 4) is 0 Å². The summed E-state index contributed by atoms with van der Waals surface area (Å²) >= 11 is 0. The van der Waals surface area contributed by atoms with Crippen LogP contribution in [0.2, 0.25) is 0 Å². The first kappa shape index (κ1) is 7.51. The summed E-state index contributed by atoms with van der Waals surface area (Å²) in [5.74, 6) is 0. The van der Waals surface area contributed by atoms with Crippen molar-refractivity contribution in [2.24, 2.45) is 5.41 Å². The Balaban J connectivity index is 1.90. The fourth-order valence-electron chi connectivity index (χ4n) is 2.68. The molecule has 3 rings (SSSR count). The largest absolute Gasteiger partial charge is 0.145 e. The van der Waals surface area contributed by atoms with Gasteiger partial charge in [-0.25, -0.2) is 0 Å². The lowest BCUT2D eigenvalue weighted by Gasteiger charge is -2.42. The molecule has 1 nitrogen and oxygen atoms in total. The van der Waals surface area contributed by atoms with Crippen molar-refractivity contribution in [1.29, 1.82) is 0 Å². The molecule has 0 aromatic heterocycles. The summed E-state index contributed by atoms with van der Waals surface area (Å²) in [7, 11) is 0. The maximum atomic E-state index is 12.7. The molecule has 1 fully saturated rings. The maximum Gasteiger partial charge on any atom is 0.0366 e. The Bertz CT molecular complexity index is 315. The van der Waals surface area contributed by atoms with Crippen LogP contribution in [0, 0.1) is 5.41 Å². The molecule has 0 N–H and O–H groups in total.